The molecule has 3 aromatic rings. The minimum absolute atomic E-state index is 0.00678. The van der Waals surface area contributed by atoms with Crippen molar-refractivity contribution in [1.82, 2.24) is 0 Å². The van der Waals surface area contributed by atoms with Crippen molar-refractivity contribution in [3.05, 3.63) is 87.4 Å². The molecule has 0 aliphatic carbocycles. The highest BCUT2D eigenvalue weighted by Gasteiger charge is 2.08. The van der Waals surface area contributed by atoms with Crippen molar-refractivity contribution < 1.29 is 9.53 Å². The zero-order chi connectivity index (χ0) is 21.5. The van der Waals surface area contributed by atoms with Crippen LogP contribution >= 0.6 is 27.5 Å². The zero-order valence-corrected chi connectivity index (χ0v) is 19.3. The minimum Gasteiger partial charge on any atom is -0.489 e. The Hall–Kier alpha value is -2.50. The van der Waals surface area contributed by atoms with Crippen LogP contribution in [0, 0.1) is 5.92 Å². The Labute approximate surface area is 190 Å². The maximum absolute atomic E-state index is 11.8. The molecule has 2 N–H and O–H groups in total. The summed E-state index contributed by atoms with van der Waals surface area (Å²) in [7, 11) is 0. The highest BCUT2D eigenvalue weighted by Crippen LogP contribution is 2.26. The summed E-state index contributed by atoms with van der Waals surface area (Å²) < 4.78 is 7.03. The number of rotatable bonds is 8. The van der Waals surface area contributed by atoms with E-state index in [-0.39, 0.29) is 11.8 Å². The first-order valence-corrected chi connectivity index (χ1v) is 10.9. The lowest BCUT2D eigenvalue weighted by Crippen LogP contribution is -2.17. The predicted octanol–water partition coefficient (Wildman–Crippen LogP) is 6.89. The molecule has 0 aliphatic heterocycles. The highest BCUT2D eigenvalue weighted by molar-refractivity contribution is 9.10. The van der Waals surface area contributed by atoms with Gasteiger partial charge in [-0.25, -0.2) is 0 Å². The van der Waals surface area contributed by atoms with E-state index in [1.165, 1.54) is 0 Å². The van der Waals surface area contributed by atoms with Crippen LogP contribution in [0.15, 0.2) is 71.2 Å². The van der Waals surface area contributed by atoms with Gasteiger partial charge in [0.15, 0.2) is 0 Å². The number of benzene rings is 3. The summed E-state index contributed by atoms with van der Waals surface area (Å²) in [6.45, 7) is 4.81. The molecule has 156 valence electrons. The molecule has 0 unspecified atom stereocenters. The van der Waals surface area contributed by atoms with Crippen molar-refractivity contribution in [2.75, 3.05) is 10.6 Å². The van der Waals surface area contributed by atoms with E-state index in [0.717, 1.165) is 32.7 Å². The van der Waals surface area contributed by atoms with Crippen molar-refractivity contribution >= 4 is 44.8 Å². The summed E-state index contributed by atoms with van der Waals surface area (Å²) in [5.41, 5.74) is 3.84. The van der Waals surface area contributed by atoms with Crippen LogP contribution < -0.4 is 15.4 Å². The summed E-state index contributed by atoms with van der Waals surface area (Å²) in [6.07, 6.45) is 0. The summed E-state index contributed by atoms with van der Waals surface area (Å²) in [6, 6.07) is 21.3. The first kappa shape index (κ1) is 22.2. The fourth-order valence-electron chi connectivity index (χ4n) is 2.72. The average Bonchev–Trinajstić information content (AvgIpc) is 2.73. The Kier molecular flexibility index (Phi) is 7.77. The van der Waals surface area contributed by atoms with Crippen molar-refractivity contribution in [2.45, 2.75) is 27.0 Å². The van der Waals surface area contributed by atoms with E-state index >= 15 is 0 Å². The standard InChI is InChI=1S/C24H24BrClN2O2/c1-16(2)24(29)28-22-10-8-21(9-11-22)27-14-18-13-19(25)5-12-23(18)30-15-17-3-6-20(26)7-4-17/h3-13,16,27H,14-15H2,1-2H3,(H,28,29). The lowest BCUT2D eigenvalue weighted by Gasteiger charge is -2.14. The van der Waals surface area contributed by atoms with Gasteiger partial charge in [0.1, 0.15) is 12.4 Å². The van der Waals surface area contributed by atoms with Gasteiger partial charge in [-0.15, -0.1) is 0 Å². The van der Waals surface area contributed by atoms with Gasteiger partial charge in [0.25, 0.3) is 0 Å². The van der Waals surface area contributed by atoms with Crippen LogP contribution in [-0.2, 0) is 17.9 Å². The van der Waals surface area contributed by atoms with E-state index in [2.05, 4.69) is 26.6 Å². The van der Waals surface area contributed by atoms with Gasteiger partial charge in [-0.05, 0) is 60.2 Å². The molecule has 0 heterocycles. The van der Waals surface area contributed by atoms with Gasteiger partial charge in [0.2, 0.25) is 5.91 Å². The molecule has 0 saturated heterocycles. The second-order valence-electron chi connectivity index (χ2n) is 7.24. The topological polar surface area (TPSA) is 50.4 Å². The van der Waals surface area contributed by atoms with E-state index in [0.29, 0.717) is 18.2 Å². The lowest BCUT2D eigenvalue weighted by molar-refractivity contribution is -0.118. The number of nitrogens with one attached hydrogen (secondary N) is 2. The summed E-state index contributed by atoms with van der Waals surface area (Å²) >= 11 is 9.48. The Morgan fingerprint density at radius 3 is 2.33 bits per heavy atom. The molecule has 1 amide bonds. The molecule has 3 aromatic carbocycles. The Bertz CT molecular complexity index is 989. The van der Waals surface area contributed by atoms with Crippen LogP contribution in [0.3, 0.4) is 0 Å². The van der Waals surface area contributed by atoms with Crippen LogP contribution in [-0.4, -0.2) is 5.91 Å². The third-order valence-corrected chi connectivity index (χ3v) is 5.24. The number of halogens is 2. The molecule has 0 fully saturated rings. The monoisotopic (exact) mass is 486 g/mol. The molecule has 4 nitrogen and oxygen atoms in total. The molecular formula is C24H24BrClN2O2. The number of hydrogen-bond acceptors (Lipinski definition) is 3. The molecule has 0 aromatic heterocycles. The molecule has 6 heteroatoms. The number of amides is 1. The van der Waals surface area contributed by atoms with Crippen LogP contribution in [0.25, 0.3) is 0 Å². The molecule has 0 saturated carbocycles. The highest BCUT2D eigenvalue weighted by atomic mass is 79.9. The van der Waals surface area contributed by atoms with Gasteiger partial charge in [-0.2, -0.15) is 0 Å². The Morgan fingerprint density at radius 2 is 1.67 bits per heavy atom. The first-order chi connectivity index (χ1) is 14.4. The van der Waals surface area contributed by atoms with Gasteiger partial charge in [0.05, 0.1) is 0 Å². The zero-order valence-electron chi connectivity index (χ0n) is 16.9. The molecule has 0 radical (unpaired) electrons. The van der Waals surface area contributed by atoms with Crippen molar-refractivity contribution in [3.63, 3.8) is 0 Å². The molecule has 0 spiro atoms. The molecule has 0 aliphatic rings. The van der Waals surface area contributed by atoms with Gasteiger partial charge in [0, 0.05) is 38.9 Å². The quantitative estimate of drug-likeness (QED) is 0.364. The molecule has 0 atom stereocenters. The van der Waals surface area contributed by atoms with Crippen LogP contribution in [0.5, 0.6) is 5.75 Å². The van der Waals surface area contributed by atoms with E-state index in [4.69, 9.17) is 16.3 Å². The third-order valence-electron chi connectivity index (χ3n) is 4.49. The SMILES string of the molecule is CC(C)C(=O)Nc1ccc(NCc2cc(Br)ccc2OCc2ccc(Cl)cc2)cc1. The smallest absolute Gasteiger partial charge is 0.226 e. The fraction of sp³-hybridized carbons (Fsp3) is 0.208. The summed E-state index contributed by atoms with van der Waals surface area (Å²) in [5, 5.41) is 7.01. The van der Waals surface area contributed by atoms with Crippen molar-refractivity contribution in [2.24, 2.45) is 5.92 Å². The van der Waals surface area contributed by atoms with E-state index < -0.39 is 0 Å². The minimum atomic E-state index is -0.0503. The van der Waals surface area contributed by atoms with Gasteiger partial charge < -0.3 is 15.4 Å². The van der Waals surface area contributed by atoms with E-state index in [1.807, 2.05) is 80.6 Å². The molecule has 3 rings (SSSR count). The molecule has 30 heavy (non-hydrogen) atoms. The number of carbonyl (C=O) groups excluding carboxylic acids is 1. The number of anilines is 2. The van der Waals surface area contributed by atoms with E-state index in [9.17, 15) is 4.79 Å². The number of hydrogen-bond donors (Lipinski definition) is 2. The Morgan fingerprint density at radius 1 is 1.00 bits per heavy atom. The second kappa shape index (κ2) is 10.5. The van der Waals surface area contributed by atoms with Crippen molar-refractivity contribution in [3.8, 4) is 5.75 Å². The predicted molar refractivity (Wildman–Crippen MR) is 127 cm³/mol. The van der Waals surface area contributed by atoms with Crippen LogP contribution in [0.4, 0.5) is 11.4 Å². The van der Waals surface area contributed by atoms with Crippen LogP contribution in [0.1, 0.15) is 25.0 Å². The van der Waals surface area contributed by atoms with Gasteiger partial charge in [-0.3, -0.25) is 4.79 Å². The summed E-state index contributed by atoms with van der Waals surface area (Å²) in [4.78, 5) is 11.8. The van der Waals surface area contributed by atoms with E-state index in [1.54, 1.807) is 0 Å². The first-order valence-electron chi connectivity index (χ1n) is 9.71. The average molecular weight is 488 g/mol. The number of ether oxygens (including phenoxy) is 1. The van der Waals surface area contributed by atoms with Crippen molar-refractivity contribution in [1.29, 1.82) is 0 Å². The normalized spacial score (nSPS) is 10.7. The Balaban J connectivity index is 1.62. The second-order valence-corrected chi connectivity index (χ2v) is 8.59. The van der Waals surface area contributed by atoms with Gasteiger partial charge >= 0.3 is 0 Å². The fourth-order valence-corrected chi connectivity index (χ4v) is 3.26. The largest absolute Gasteiger partial charge is 0.489 e. The van der Waals surface area contributed by atoms with Gasteiger partial charge in [-0.1, -0.05) is 53.5 Å². The lowest BCUT2D eigenvalue weighted by atomic mass is 10.2. The third kappa shape index (κ3) is 6.51. The molecular weight excluding hydrogens is 464 g/mol. The number of carbonyl (C=O) groups is 1. The summed E-state index contributed by atoms with van der Waals surface area (Å²) in [5.74, 6) is 0.777. The van der Waals surface area contributed by atoms with Crippen LogP contribution in [0.2, 0.25) is 5.02 Å². The molecule has 0 bridgehead atoms. The maximum Gasteiger partial charge on any atom is 0.226 e. The maximum atomic E-state index is 11.8.